The maximum absolute atomic E-state index is 11.0. The van der Waals surface area contributed by atoms with Crippen LogP contribution in [0.25, 0.3) is 0 Å². The van der Waals surface area contributed by atoms with E-state index < -0.39 is 4.92 Å². The van der Waals surface area contributed by atoms with E-state index in [1.165, 1.54) is 6.07 Å². The van der Waals surface area contributed by atoms with Gasteiger partial charge in [0.2, 0.25) is 0 Å². The van der Waals surface area contributed by atoms with Gasteiger partial charge in [0.15, 0.2) is 0 Å². The molecule has 0 aliphatic carbocycles. The minimum absolute atomic E-state index is 0.0528. The molecule has 21 heavy (non-hydrogen) atoms. The van der Waals surface area contributed by atoms with Gasteiger partial charge in [-0.05, 0) is 30.7 Å². The molecular weight excluding hydrogens is 268 g/mol. The Hall–Kier alpha value is -2.81. The van der Waals surface area contributed by atoms with E-state index in [0.717, 1.165) is 11.3 Å². The number of non-ortho nitro benzene ring substituents is 1. The predicted molar refractivity (Wildman–Crippen MR) is 77.9 cm³/mol. The van der Waals surface area contributed by atoms with Crippen LogP contribution >= 0.6 is 0 Å². The van der Waals surface area contributed by atoms with E-state index in [1.807, 2.05) is 40.9 Å². The number of nitriles is 1. The molecule has 6 nitrogen and oxygen atoms in total. The Kier molecular flexibility index (Phi) is 3.10. The Morgan fingerprint density at radius 1 is 1.38 bits per heavy atom. The van der Waals surface area contributed by atoms with Crippen LogP contribution in [0.15, 0.2) is 42.7 Å². The summed E-state index contributed by atoms with van der Waals surface area (Å²) >= 11 is 0. The lowest BCUT2D eigenvalue weighted by Gasteiger charge is -2.28. The second-order valence-electron chi connectivity index (χ2n) is 4.94. The first kappa shape index (κ1) is 13.2. The van der Waals surface area contributed by atoms with Gasteiger partial charge in [-0.3, -0.25) is 10.1 Å². The first-order valence-electron chi connectivity index (χ1n) is 6.74. The van der Waals surface area contributed by atoms with Crippen LogP contribution in [-0.4, -0.2) is 16.0 Å². The summed E-state index contributed by atoms with van der Waals surface area (Å²) in [6.45, 7) is 2.66. The molecule has 1 aromatic heterocycles. The van der Waals surface area contributed by atoms with Crippen LogP contribution in [0.2, 0.25) is 0 Å². The number of fused-ring (bicyclic) bond motifs is 1. The third-order valence-electron chi connectivity index (χ3n) is 3.90. The summed E-state index contributed by atoms with van der Waals surface area (Å²) in [5.41, 5.74) is 1.68. The van der Waals surface area contributed by atoms with Gasteiger partial charge in [-0.1, -0.05) is 0 Å². The summed E-state index contributed by atoms with van der Waals surface area (Å²) in [4.78, 5) is 12.6. The Morgan fingerprint density at radius 2 is 2.10 bits per heavy atom. The molecule has 0 fully saturated rings. The zero-order chi connectivity index (χ0) is 15.0. The number of hydrogen-bond donors (Lipinski definition) is 0. The molecule has 1 aliphatic rings. The lowest BCUT2D eigenvalue weighted by molar-refractivity contribution is -0.384. The monoisotopic (exact) mass is 282 g/mol. The van der Waals surface area contributed by atoms with Crippen molar-refractivity contribution in [2.45, 2.75) is 19.0 Å². The average molecular weight is 282 g/mol. The molecule has 0 saturated carbocycles. The molecule has 1 aliphatic heterocycles. The molecule has 2 aromatic rings. The summed E-state index contributed by atoms with van der Waals surface area (Å²) in [6.07, 6.45) is 3.67. The number of aromatic nitrogens is 1. The van der Waals surface area contributed by atoms with Crippen LogP contribution in [0.4, 0.5) is 11.4 Å². The van der Waals surface area contributed by atoms with Gasteiger partial charge in [-0.15, -0.1) is 0 Å². The first-order valence-corrected chi connectivity index (χ1v) is 6.74. The van der Waals surface area contributed by atoms with Crippen molar-refractivity contribution in [3.8, 4) is 6.07 Å². The zero-order valence-corrected chi connectivity index (χ0v) is 11.5. The van der Waals surface area contributed by atoms with Crippen molar-refractivity contribution >= 4 is 11.4 Å². The number of nitro benzene ring substituents is 1. The summed E-state index contributed by atoms with van der Waals surface area (Å²) in [6, 6.07) is 10.9. The number of nitro groups is 1. The van der Waals surface area contributed by atoms with Crippen molar-refractivity contribution in [1.29, 1.82) is 5.26 Å². The number of hydrogen-bond acceptors (Lipinski definition) is 4. The molecule has 2 unspecified atom stereocenters. The van der Waals surface area contributed by atoms with Crippen LogP contribution in [0.1, 0.15) is 24.6 Å². The third-order valence-corrected chi connectivity index (χ3v) is 3.90. The number of likely N-dealkylation sites (N-methyl/N-ethyl adjacent to an activating group) is 1. The van der Waals surface area contributed by atoms with Gasteiger partial charge in [0.05, 0.1) is 11.0 Å². The summed E-state index contributed by atoms with van der Waals surface area (Å²) in [5.74, 6) is -0.340. The number of benzene rings is 1. The highest BCUT2D eigenvalue weighted by Crippen LogP contribution is 2.47. The molecule has 106 valence electrons. The second kappa shape index (κ2) is 4.94. The first-order chi connectivity index (χ1) is 10.2. The Morgan fingerprint density at radius 3 is 2.67 bits per heavy atom. The molecule has 6 heteroatoms. The minimum Gasteiger partial charge on any atom is -0.349 e. The maximum atomic E-state index is 11.0. The molecule has 0 saturated heterocycles. The highest BCUT2D eigenvalue weighted by atomic mass is 16.6. The van der Waals surface area contributed by atoms with Gasteiger partial charge in [-0.2, -0.15) is 5.26 Å². The summed E-state index contributed by atoms with van der Waals surface area (Å²) < 4.78 is 1.98. The van der Waals surface area contributed by atoms with E-state index >= 15 is 0 Å². The number of nitrogens with zero attached hydrogens (tertiary/aromatic N) is 4. The fourth-order valence-electron chi connectivity index (χ4n) is 2.99. The van der Waals surface area contributed by atoms with Gasteiger partial charge in [0.25, 0.3) is 5.69 Å². The smallest absolute Gasteiger partial charge is 0.271 e. The molecular formula is C15H14N4O2. The zero-order valence-electron chi connectivity index (χ0n) is 11.5. The lowest BCUT2D eigenvalue weighted by atomic mass is 10.0. The van der Waals surface area contributed by atoms with E-state index in [0.29, 0.717) is 6.54 Å². The highest BCUT2D eigenvalue weighted by molar-refractivity contribution is 5.66. The Bertz CT molecular complexity index is 718. The van der Waals surface area contributed by atoms with Gasteiger partial charge in [0.1, 0.15) is 12.1 Å². The molecule has 2 heterocycles. The molecule has 0 radical (unpaired) electrons. The fourth-order valence-corrected chi connectivity index (χ4v) is 2.99. The average Bonchev–Trinajstić information content (AvgIpc) is 3.11. The molecule has 1 aromatic carbocycles. The maximum Gasteiger partial charge on any atom is 0.271 e. The SMILES string of the molecule is CCN1c2cc([N+](=O)[O-])ccc2C(C#N)C1n1cccc1. The van der Waals surface area contributed by atoms with Crippen LogP contribution in [-0.2, 0) is 0 Å². The van der Waals surface area contributed by atoms with Crippen LogP contribution < -0.4 is 4.90 Å². The highest BCUT2D eigenvalue weighted by Gasteiger charge is 2.39. The van der Waals surface area contributed by atoms with E-state index in [1.54, 1.807) is 12.1 Å². The van der Waals surface area contributed by atoms with E-state index in [-0.39, 0.29) is 17.8 Å². The normalized spacial score (nSPS) is 20.1. The van der Waals surface area contributed by atoms with Crippen LogP contribution in [0.5, 0.6) is 0 Å². The van der Waals surface area contributed by atoms with Crippen molar-refractivity contribution < 1.29 is 4.92 Å². The molecule has 0 amide bonds. The second-order valence-corrected chi connectivity index (χ2v) is 4.94. The van der Waals surface area contributed by atoms with Gasteiger partial charge >= 0.3 is 0 Å². The van der Waals surface area contributed by atoms with Gasteiger partial charge in [-0.25, -0.2) is 0 Å². The van der Waals surface area contributed by atoms with E-state index in [9.17, 15) is 15.4 Å². The Labute approximate surface area is 122 Å². The van der Waals surface area contributed by atoms with Crippen molar-refractivity contribution in [1.82, 2.24) is 4.57 Å². The minimum atomic E-state index is -0.404. The number of anilines is 1. The van der Waals surface area contributed by atoms with E-state index in [2.05, 4.69) is 6.07 Å². The predicted octanol–water partition coefficient (Wildman–Crippen LogP) is 3.04. The lowest BCUT2D eigenvalue weighted by Crippen LogP contribution is -2.30. The molecule has 2 atom stereocenters. The van der Waals surface area contributed by atoms with Crippen LogP contribution in [0, 0.1) is 21.4 Å². The number of rotatable bonds is 3. The summed E-state index contributed by atoms with van der Waals surface area (Å²) in [5, 5.41) is 20.5. The summed E-state index contributed by atoms with van der Waals surface area (Å²) in [7, 11) is 0. The molecule has 0 N–H and O–H groups in total. The van der Waals surface area contributed by atoms with Gasteiger partial charge in [0, 0.05) is 36.8 Å². The van der Waals surface area contributed by atoms with Crippen molar-refractivity contribution in [2.75, 3.05) is 11.4 Å². The van der Waals surface area contributed by atoms with Crippen molar-refractivity contribution in [3.63, 3.8) is 0 Å². The molecule has 0 spiro atoms. The fraction of sp³-hybridized carbons (Fsp3) is 0.267. The van der Waals surface area contributed by atoms with Gasteiger partial charge < -0.3 is 9.47 Å². The van der Waals surface area contributed by atoms with Crippen LogP contribution in [0.3, 0.4) is 0 Å². The molecule has 0 bridgehead atoms. The quantitative estimate of drug-likeness (QED) is 0.640. The largest absolute Gasteiger partial charge is 0.349 e. The standard InChI is InChI=1S/C15H14N4O2/c1-2-18-14-9-11(19(20)21)5-6-12(14)13(10-16)15(18)17-7-3-4-8-17/h3-9,13,15H,2H2,1H3. The van der Waals surface area contributed by atoms with E-state index in [4.69, 9.17) is 0 Å². The topological polar surface area (TPSA) is 75.1 Å². The molecule has 3 rings (SSSR count). The third kappa shape index (κ3) is 1.94. The Balaban J connectivity index is 2.14. The van der Waals surface area contributed by atoms with Crippen molar-refractivity contribution in [3.05, 3.63) is 58.4 Å². The van der Waals surface area contributed by atoms with Crippen molar-refractivity contribution in [2.24, 2.45) is 0 Å².